The molecule has 156 valence electrons. The second kappa shape index (κ2) is 8.13. The first-order valence-electron chi connectivity index (χ1n) is 11.0. The van der Waals surface area contributed by atoms with Crippen molar-refractivity contribution in [2.45, 2.75) is 45.1 Å². The molecule has 1 fully saturated rings. The van der Waals surface area contributed by atoms with E-state index in [1.54, 1.807) is 12.1 Å². The molecule has 0 N–H and O–H groups in total. The summed E-state index contributed by atoms with van der Waals surface area (Å²) in [5.41, 5.74) is 2.99. The average Bonchev–Trinajstić information content (AvgIpc) is 2.80. The third kappa shape index (κ3) is 3.68. The highest BCUT2D eigenvalue weighted by molar-refractivity contribution is 6.06. The maximum absolute atomic E-state index is 14.5. The number of aliphatic imine (C=N–C) groups is 1. The zero-order valence-corrected chi connectivity index (χ0v) is 17.4. The minimum absolute atomic E-state index is 0.0372. The number of rotatable bonds is 3. The lowest BCUT2D eigenvalue weighted by Gasteiger charge is -2.36. The normalized spacial score (nSPS) is 21.4. The zero-order chi connectivity index (χ0) is 20.5. The minimum atomic E-state index is -0.229. The van der Waals surface area contributed by atoms with Crippen LogP contribution >= 0.6 is 0 Å². The molecule has 2 aromatic rings. The lowest BCUT2D eigenvalue weighted by molar-refractivity contribution is 0.563. The van der Waals surface area contributed by atoms with E-state index >= 15 is 0 Å². The number of pyridine rings is 1. The molecular formula is C23H27FN6. The number of hydrogen-bond acceptors (Lipinski definition) is 6. The Hall–Kier alpha value is -2.83. The molecule has 1 saturated heterocycles. The number of allylic oxidation sites excluding steroid dienone is 1. The molecule has 0 radical (unpaired) electrons. The van der Waals surface area contributed by atoms with Gasteiger partial charge < -0.3 is 9.80 Å². The Kier molecular flexibility index (Phi) is 5.19. The van der Waals surface area contributed by atoms with Crippen LogP contribution < -0.4 is 9.80 Å². The number of piperidine rings is 1. The third-order valence-electron chi connectivity index (χ3n) is 6.23. The zero-order valence-electron chi connectivity index (χ0n) is 17.4. The highest BCUT2D eigenvalue weighted by Crippen LogP contribution is 2.33. The van der Waals surface area contributed by atoms with Crippen LogP contribution in [0, 0.1) is 5.82 Å². The summed E-state index contributed by atoms with van der Waals surface area (Å²) in [6, 6.07) is 3.15. The van der Waals surface area contributed by atoms with Crippen LogP contribution in [0.5, 0.6) is 0 Å². The van der Waals surface area contributed by atoms with E-state index in [9.17, 15) is 4.39 Å². The van der Waals surface area contributed by atoms with Gasteiger partial charge in [0.05, 0.1) is 11.7 Å². The van der Waals surface area contributed by atoms with E-state index in [4.69, 9.17) is 9.97 Å². The second-order valence-electron chi connectivity index (χ2n) is 8.22. The minimum Gasteiger partial charge on any atom is -0.356 e. The number of halogens is 1. The maximum Gasteiger partial charge on any atom is 0.177 e. The predicted octanol–water partition coefficient (Wildman–Crippen LogP) is 3.87. The summed E-state index contributed by atoms with van der Waals surface area (Å²) < 4.78 is 14.5. The molecule has 0 amide bonds. The first-order valence-corrected chi connectivity index (χ1v) is 11.0. The van der Waals surface area contributed by atoms with Crippen molar-refractivity contribution in [1.82, 2.24) is 15.0 Å². The molecule has 5 rings (SSSR count). The van der Waals surface area contributed by atoms with Gasteiger partial charge in [0.25, 0.3) is 0 Å². The van der Waals surface area contributed by atoms with Crippen molar-refractivity contribution in [2.24, 2.45) is 4.99 Å². The second-order valence-corrected chi connectivity index (χ2v) is 8.22. The van der Waals surface area contributed by atoms with Gasteiger partial charge in [-0.2, -0.15) is 0 Å². The van der Waals surface area contributed by atoms with E-state index in [2.05, 4.69) is 32.8 Å². The Balaban J connectivity index is 1.42. The lowest BCUT2D eigenvalue weighted by Crippen LogP contribution is -2.36. The highest BCUT2D eigenvalue weighted by atomic mass is 19.1. The van der Waals surface area contributed by atoms with Crippen molar-refractivity contribution in [1.29, 1.82) is 0 Å². The van der Waals surface area contributed by atoms with Gasteiger partial charge in [-0.1, -0.05) is 6.08 Å². The molecule has 2 aromatic heterocycles. The Morgan fingerprint density at radius 1 is 1.03 bits per heavy atom. The summed E-state index contributed by atoms with van der Waals surface area (Å²) in [4.78, 5) is 23.1. The van der Waals surface area contributed by atoms with Gasteiger partial charge in [-0.3, -0.25) is 4.99 Å². The van der Waals surface area contributed by atoms with Crippen LogP contribution in [-0.4, -0.2) is 46.8 Å². The fourth-order valence-electron chi connectivity index (χ4n) is 4.55. The van der Waals surface area contributed by atoms with Crippen molar-refractivity contribution in [3.05, 3.63) is 53.4 Å². The number of hydrogen-bond donors (Lipinski definition) is 0. The summed E-state index contributed by atoms with van der Waals surface area (Å²) in [6.07, 6.45) is 11.3. The first-order chi connectivity index (χ1) is 14.7. The molecule has 30 heavy (non-hydrogen) atoms. The largest absolute Gasteiger partial charge is 0.356 e. The van der Waals surface area contributed by atoms with Crippen LogP contribution in [0.25, 0.3) is 0 Å². The van der Waals surface area contributed by atoms with E-state index in [1.165, 1.54) is 6.42 Å². The molecule has 0 spiro atoms. The van der Waals surface area contributed by atoms with Crippen molar-refractivity contribution < 1.29 is 4.39 Å². The van der Waals surface area contributed by atoms with Crippen molar-refractivity contribution in [3.8, 4) is 0 Å². The van der Waals surface area contributed by atoms with Crippen molar-refractivity contribution in [3.63, 3.8) is 0 Å². The van der Waals surface area contributed by atoms with Crippen molar-refractivity contribution in [2.75, 3.05) is 36.0 Å². The van der Waals surface area contributed by atoms with Gasteiger partial charge >= 0.3 is 0 Å². The van der Waals surface area contributed by atoms with Crippen LogP contribution in [0.15, 0.2) is 35.5 Å². The maximum atomic E-state index is 14.5. The summed E-state index contributed by atoms with van der Waals surface area (Å²) in [5, 5.41) is 0. The monoisotopic (exact) mass is 406 g/mol. The fourth-order valence-corrected chi connectivity index (χ4v) is 4.55. The standard InChI is InChI=1S/C23H27FN6/c1-16-18-15-26-23(20-7-3-4-9-25-20)27-19(18)8-12-30(16)22-14-17(24)13-21(28-22)29-10-5-2-6-11-29/h3,7,13-16H,2,4-6,8-12H2,1H3. The van der Waals surface area contributed by atoms with Crippen LogP contribution in [0.2, 0.25) is 0 Å². The molecule has 3 aliphatic rings. The van der Waals surface area contributed by atoms with Gasteiger partial charge in [-0.15, -0.1) is 0 Å². The van der Waals surface area contributed by atoms with Crippen LogP contribution in [-0.2, 0) is 6.42 Å². The molecule has 7 heteroatoms. The average molecular weight is 407 g/mol. The number of fused-ring (bicyclic) bond motifs is 1. The SMILES string of the molecule is CC1c2cnc(C3=NCCC=C3)nc2CCN1c1cc(F)cc(N2CCCCC2)n1. The van der Waals surface area contributed by atoms with Crippen molar-refractivity contribution >= 4 is 17.3 Å². The summed E-state index contributed by atoms with van der Waals surface area (Å²) >= 11 is 0. The number of nitrogens with zero attached hydrogens (tertiary/aromatic N) is 6. The van der Waals surface area contributed by atoms with Gasteiger partial charge in [-0.25, -0.2) is 19.3 Å². The molecule has 6 nitrogen and oxygen atoms in total. The van der Waals surface area contributed by atoms with Gasteiger partial charge in [-0.05, 0) is 38.7 Å². The predicted molar refractivity (Wildman–Crippen MR) is 117 cm³/mol. The first kappa shape index (κ1) is 19.2. The van der Waals surface area contributed by atoms with E-state index in [1.807, 2.05) is 12.3 Å². The summed E-state index contributed by atoms with van der Waals surface area (Å²) in [5.74, 6) is 1.91. The molecule has 1 unspecified atom stereocenters. The Bertz CT molecular complexity index is 995. The molecule has 5 heterocycles. The third-order valence-corrected chi connectivity index (χ3v) is 6.23. The van der Waals surface area contributed by atoms with Crippen LogP contribution in [0.1, 0.15) is 55.7 Å². The molecule has 0 aromatic carbocycles. The highest BCUT2D eigenvalue weighted by Gasteiger charge is 2.28. The quantitative estimate of drug-likeness (QED) is 0.774. The lowest BCUT2D eigenvalue weighted by atomic mass is 9.99. The molecular weight excluding hydrogens is 379 g/mol. The van der Waals surface area contributed by atoms with Gasteiger partial charge in [0, 0.05) is 56.5 Å². The smallest absolute Gasteiger partial charge is 0.177 e. The summed E-state index contributed by atoms with van der Waals surface area (Å²) in [6.45, 7) is 5.56. The Morgan fingerprint density at radius 3 is 2.67 bits per heavy atom. The van der Waals surface area contributed by atoms with Crippen LogP contribution in [0.3, 0.4) is 0 Å². The van der Waals surface area contributed by atoms with Gasteiger partial charge in [0.1, 0.15) is 23.2 Å². The Morgan fingerprint density at radius 2 is 1.87 bits per heavy atom. The van der Waals surface area contributed by atoms with E-state index < -0.39 is 0 Å². The Labute approximate surface area is 176 Å². The van der Waals surface area contributed by atoms with Gasteiger partial charge in [0.2, 0.25) is 0 Å². The molecule has 0 saturated carbocycles. The van der Waals surface area contributed by atoms with Gasteiger partial charge in [0.15, 0.2) is 5.82 Å². The summed E-state index contributed by atoms with van der Waals surface area (Å²) in [7, 11) is 0. The number of anilines is 2. The molecule has 3 aliphatic heterocycles. The van der Waals surface area contributed by atoms with Crippen LogP contribution in [0.4, 0.5) is 16.0 Å². The topological polar surface area (TPSA) is 57.5 Å². The van der Waals surface area contributed by atoms with E-state index in [-0.39, 0.29) is 11.9 Å². The number of aromatic nitrogens is 3. The molecule has 1 atom stereocenters. The van der Waals surface area contributed by atoms with E-state index in [0.717, 1.165) is 74.6 Å². The van der Waals surface area contributed by atoms with E-state index in [0.29, 0.717) is 11.6 Å². The fraction of sp³-hybridized carbons (Fsp3) is 0.478. The molecule has 0 aliphatic carbocycles. The molecule has 0 bridgehead atoms. The number of dihydropyridines is 1.